The van der Waals surface area contributed by atoms with E-state index in [1.54, 1.807) is 38.1 Å². The van der Waals surface area contributed by atoms with Crippen molar-refractivity contribution in [1.29, 1.82) is 0 Å². The second kappa shape index (κ2) is 9.22. The lowest BCUT2D eigenvalue weighted by Gasteiger charge is -2.16. The van der Waals surface area contributed by atoms with E-state index in [1.807, 2.05) is 0 Å². The first-order chi connectivity index (χ1) is 10.5. The molecule has 0 fully saturated rings. The Balaban J connectivity index is 2.87. The number of ether oxygens (including phenoxy) is 2. The second-order valence-corrected chi connectivity index (χ2v) is 4.76. The molecule has 7 heteroatoms. The zero-order chi connectivity index (χ0) is 16.5. The summed E-state index contributed by atoms with van der Waals surface area (Å²) in [6.45, 7) is 3.99. The van der Waals surface area contributed by atoms with Gasteiger partial charge in [0.15, 0.2) is 0 Å². The number of carbonyl (C=O) groups is 2. The molecule has 22 heavy (non-hydrogen) atoms. The normalized spacial score (nSPS) is 10.4. The lowest BCUT2D eigenvalue weighted by atomic mass is 9.79. The van der Waals surface area contributed by atoms with Crippen LogP contribution in [-0.4, -0.2) is 42.3 Å². The van der Waals surface area contributed by atoms with E-state index >= 15 is 0 Å². The van der Waals surface area contributed by atoms with Crippen molar-refractivity contribution >= 4 is 24.5 Å². The highest BCUT2D eigenvalue weighted by Gasteiger charge is 2.22. The summed E-state index contributed by atoms with van der Waals surface area (Å²) < 4.78 is 9.85. The summed E-state index contributed by atoms with van der Waals surface area (Å²) in [6, 6.07) is 6.42. The molecule has 1 aromatic rings. The van der Waals surface area contributed by atoms with Crippen molar-refractivity contribution in [2.75, 3.05) is 13.2 Å². The van der Waals surface area contributed by atoms with Crippen LogP contribution < -0.4 is 5.46 Å². The van der Waals surface area contributed by atoms with E-state index in [-0.39, 0.29) is 43.9 Å². The van der Waals surface area contributed by atoms with Gasteiger partial charge in [-0.2, -0.15) is 0 Å². The zero-order valence-electron chi connectivity index (χ0n) is 12.8. The summed E-state index contributed by atoms with van der Waals surface area (Å²) in [6.07, 6.45) is 0.126. The minimum absolute atomic E-state index is 0.0632. The molecule has 0 saturated carbocycles. The van der Waals surface area contributed by atoms with Crippen LogP contribution >= 0.6 is 0 Å². The first kappa shape index (κ1) is 18.2. The second-order valence-electron chi connectivity index (χ2n) is 4.76. The third kappa shape index (κ3) is 5.87. The van der Waals surface area contributed by atoms with Crippen LogP contribution in [0.25, 0.3) is 0 Å². The van der Waals surface area contributed by atoms with Crippen LogP contribution in [0.2, 0.25) is 0 Å². The van der Waals surface area contributed by atoms with Crippen molar-refractivity contribution in [1.82, 2.24) is 0 Å². The Hall–Kier alpha value is -1.86. The van der Waals surface area contributed by atoms with Crippen LogP contribution in [0, 0.1) is 0 Å². The molecule has 0 aliphatic rings. The lowest BCUT2D eigenvalue weighted by Crippen LogP contribution is -2.29. The number of rotatable bonds is 8. The largest absolute Gasteiger partial charge is 0.488 e. The fraction of sp³-hybridized carbons (Fsp3) is 0.467. The number of benzene rings is 1. The van der Waals surface area contributed by atoms with Crippen molar-refractivity contribution in [3.63, 3.8) is 0 Å². The van der Waals surface area contributed by atoms with Gasteiger partial charge in [0.2, 0.25) is 0 Å². The van der Waals surface area contributed by atoms with E-state index in [0.29, 0.717) is 5.46 Å². The van der Waals surface area contributed by atoms with E-state index in [0.717, 1.165) is 5.56 Å². The molecular weight excluding hydrogens is 287 g/mol. The third-order valence-electron chi connectivity index (χ3n) is 3.14. The van der Waals surface area contributed by atoms with Gasteiger partial charge in [-0.15, -0.1) is 0 Å². The van der Waals surface area contributed by atoms with Gasteiger partial charge < -0.3 is 19.5 Å². The fourth-order valence-electron chi connectivity index (χ4n) is 2.09. The molecule has 0 heterocycles. The summed E-state index contributed by atoms with van der Waals surface area (Å²) in [5, 5.41) is 18.2. The maximum atomic E-state index is 11.7. The minimum atomic E-state index is -1.55. The first-order valence-electron chi connectivity index (χ1n) is 7.25. The summed E-state index contributed by atoms with van der Waals surface area (Å²) in [5.74, 6) is -1.14. The van der Waals surface area contributed by atoms with Crippen LogP contribution in [0.3, 0.4) is 0 Å². The van der Waals surface area contributed by atoms with Crippen LogP contribution in [0.4, 0.5) is 0 Å². The molecule has 6 nitrogen and oxygen atoms in total. The molecule has 1 aromatic carbocycles. The molecule has 0 aromatic heterocycles. The highest BCUT2D eigenvalue weighted by molar-refractivity contribution is 6.58. The van der Waals surface area contributed by atoms with Crippen molar-refractivity contribution in [2.45, 2.75) is 32.6 Å². The molecule has 0 aliphatic heterocycles. The molecule has 120 valence electrons. The van der Waals surface area contributed by atoms with Crippen molar-refractivity contribution in [3.05, 3.63) is 29.8 Å². The van der Waals surface area contributed by atoms with E-state index in [9.17, 15) is 9.59 Å². The lowest BCUT2D eigenvalue weighted by molar-refractivity contribution is -0.145. The van der Waals surface area contributed by atoms with Gasteiger partial charge in [0.25, 0.3) is 0 Å². The van der Waals surface area contributed by atoms with Crippen LogP contribution in [0.15, 0.2) is 24.3 Å². The average Bonchev–Trinajstić information content (AvgIpc) is 2.47. The molecule has 0 amide bonds. The molecule has 2 N–H and O–H groups in total. The molecule has 0 spiro atoms. The monoisotopic (exact) mass is 308 g/mol. The molecule has 0 saturated heterocycles. The standard InChI is InChI=1S/C15H21BO6/c1-3-21-14(17)9-12(10-15(18)22-4-2)11-5-7-13(8-6-11)16(19)20/h5-8,12,19-20H,3-4,9-10H2,1-2H3. The van der Waals surface area contributed by atoms with Gasteiger partial charge in [-0.1, -0.05) is 24.3 Å². The van der Waals surface area contributed by atoms with Crippen molar-refractivity contribution in [2.24, 2.45) is 0 Å². The fourth-order valence-corrected chi connectivity index (χ4v) is 2.09. The maximum Gasteiger partial charge on any atom is 0.488 e. The van der Waals surface area contributed by atoms with Gasteiger partial charge in [0.1, 0.15) is 0 Å². The Labute approximate surface area is 130 Å². The van der Waals surface area contributed by atoms with Crippen LogP contribution in [0.5, 0.6) is 0 Å². The quantitative estimate of drug-likeness (QED) is 0.532. The molecule has 0 atom stereocenters. The topological polar surface area (TPSA) is 93.1 Å². The van der Waals surface area contributed by atoms with Gasteiger partial charge in [-0.05, 0) is 24.9 Å². The maximum absolute atomic E-state index is 11.7. The molecule has 1 rings (SSSR count). The Morgan fingerprint density at radius 1 is 1.00 bits per heavy atom. The van der Waals surface area contributed by atoms with E-state index in [2.05, 4.69) is 0 Å². The number of carbonyl (C=O) groups excluding carboxylic acids is 2. The van der Waals surface area contributed by atoms with Crippen molar-refractivity contribution < 1.29 is 29.1 Å². The SMILES string of the molecule is CCOC(=O)CC(CC(=O)OCC)c1ccc(B(O)O)cc1. The predicted octanol–water partition coefficient (Wildman–Crippen LogP) is 0.356. The molecule has 0 bridgehead atoms. The highest BCUT2D eigenvalue weighted by atomic mass is 16.5. The summed E-state index contributed by atoms with van der Waals surface area (Å²) in [4.78, 5) is 23.4. The van der Waals surface area contributed by atoms with Crippen molar-refractivity contribution in [3.8, 4) is 0 Å². The molecular formula is C15H21BO6. The summed E-state index contributed by atoms with van der Waals surface area (Å²) >= 11 is 0. The molecule has 0 radical (unpaired) electrons. The van der Waals surface area contributed by atoms with Gasteiger partial charge in [0.05, 0.1) is 26.1 Å². The van der Waals surface area contributed by atoms with Gasteiger partial charge in [0, 0.05) is 5.92 Å². The Kier molecular flexibility index (Phi) is 7.63. The third-order valence-corrected chi connectivity index (χ3v) is 3.14. The highest BCUT2D eigenvalue weighted by Crippen LogP contribution is 2.24. The van der Waals surface area contributed by atoms with E-state index in [1.165, 1.54) is 0 Å². The van der Waals surface area contributed by atoms with Gasteiger partial charge in [-0.25, -0.2) is 0 Å². The van der Waals surface area contributed by atoms with E-state index < -0.39 is 7.12 Å². The average molecular weight is 308 g/mol. The number of hydrogen-bond acceptors (Lipinski definition) is 6. The molecule has 0 aliphatic carbocycles. The van der Waals surface area contributed by atoms with Gasteiger partial charge >= 0.3 is 19.1 Å². The summed E-state index contributed by atoms with van der Waals surface area (Å²) in [5.41, 5.74) is 1.08. The van der Waals surface area contributed by atoms with Crippen LogP contribution in [-0.2, 0) is 19.1 Å². The minimum Gasteiger partial charge on any atom is -0.466 e. The smallest absolute Gasteiger partial charge is 0.466 e. The number of hydrogen-bond donors (Lipinski definition) is 2. The number of esters is 2. The summed E-state index contributed by atoms with van der Waals surface area (Å²) in [7, 11) is -1.55. The van der Waals surface area contributed by atoms with Crippen LogP contribution in [0.1, 0.15) is 38.2 Å². The Morgan fingerprint density at radius 3 is 1.82 bits per heavy atom. The van der Waals surface area contributed by atoms with E-state index in [4.69, 9.17) is 19.5 Å². The predicted molar refractivity (Wildman–Crippen MR) is 81.5 cm³/mol. The van der Waals surface area contributed by atoms with Gasteiger partial charge in [-0.3, -0.25) is 9.59 Å². The Bertz CT molecular complexity index is 465. The zero-order valence-corrected chi connectivity index (χ0v) is 12.8. The first-order valence-corrected chi connectivity index (χ1v) is 7.25. The molecule has 0 unspecified atom stereocenters. The Morgan fingerprint density at radius 2 is 1.45 bits per heavy atom.